The van der Waals surface area contributed by atoms with Gasteiger partial charge in [-0.25, -0.2) is 4.79 Å². The molecule has 2 aromatic rings. The number of alkyl halides is 3. The molecule has 0 atom stereocenters. The third-order valence-electron chi connectivity index (χ3n) is 6.12. The second-order valence-electron chi connectivity index (χ2n) is 10.3. The van der Waals surface area contributed by atoms with Gasteiger partial charge in [-0.05, 0) is 61.9 Å². The Bertz CT molecular complexity index is 1250. The van der Waals surface area contributed by atoms with Crippen LogP contribution >= 0.6 is 35.0 Å². The number of rotatable bonds is 7. The van der Waals surface area contributed by atoms with E-state index < -0.39 is 29.3 Å². The molecule has 0 aliphatic carbocycles. The molecule has 1 fully saturated rings. The Morgan fingerprint density at radius 3 is 2.33 bits per heavy atom. The maximum atomic E-state index is 14.2. The number of nitrogens with zero attached hydrogens (tertiary/aromatic N) is 2. The van der Waals surface area contributed by atoms with Gasteiger partial charge in [0.15, 0.2) is 0 Å². The number of carbonyl (C=O) groups is 2. The summed E-state index contributed by atoms with van der Waals surface area (Å²) in [5, 5.41) is 2.80. The average Bonchev–Trinajstić information content (AvgIpc) is 2.85. The quantitative estimate of drug-likeness (QED) is 0.265. The van der Waals surface area contributed by atoms with E-state index in [1.807, 2.05) is 13.0 Å². The van der Waals surface area contributed by atoms with E-state index in [-0.39, 0.29) is 48.0 Å². The van der Waals surface area contributed by atoms with E-state index in [4.69, 9.17) is 33.7 Å². The number of halogens is 5. The summed E-state index contributed by atoms with van der Waals surface area (Å²) in [4.78, 5) is 29.5. The van der Waals surface area contributed by atoms with Gasteiger partial charge in [-0.2, -0.15) is 13.2 Å². The van der Waals surface area contributed by atoms with Crippen LogP contribution in [0.15, 0.2) is 29.2 Å². The molecule has 3 rings (SSSR count). The average molecular weight is 622 g/mol. The highest BCUT2D eigenvalue weighted by Crippen LogP contribution is 2.40. The summed E-state index contributed by atoms with van der Waals surface area (Å²) in [5.74, 6) is 0.00673. The number of piperazine rings is 1. The fourth-order valence-electron chi connectivity index (χ4n) is 4.20. The summed E-state index contributed by atoms with van der Waals surface area (Å²) in [6, 6.07) is 6.01. The lowest BCUT2D eigenvalue weighted by Crippen LogP contribution is -2.49. The Kier molecular flexibility index (Phi) is 10.5. The van der Waals surface area contributed by atoms with Crippen LogP contribution in [0.4, 0.5) is 23.7 Å². The van der Waals surface area contributed by atoms with Gasteiger partial charge in [-0.3, -0.25) is 9.69 Å². The number of thioether (sulfide) groups is 1. The molecule has 40 heavy (non-hydrogen) atoms. The van der Waals surface area contributed by atoms with Crippen LogP contribution in [-0.2, 0) is 24.0 Å². The molecule has 1 aliphatic heterocycles. The molecule has 0 spiro atoms. The Morgan fingerprint density at radius 1 is 1.10 bits per heavy atom. The monoisotopic (exact) mass is 620 g/mol. The van der Waals surface area contributed by atoms with E-state index >= 15 is 0 Å². The second-order valence-corrected chi connectivity index (χ2v) is 12.4. The van der Waals surface area contributed by atoms with Crippen molar-refractivity contribution in [2.45, 2.75) is 57.5 Å². The molecule has 2 amide bonds. The van der Waals surface area contributed by atoms with Gasteiger partial charge in [0.25, 0.3) is 5.91 Å². The van der Waals surface area contributed by atoms with Crippen LogP contribution in [0.3, 0.4) is 0 Å². The molecule has 13 heteroatoms. The topological polar surface area (TPSA) is 87.9 Å². The van der Waals surface area contributed by atoms with Crippen molar-refractivity contribution in [1.29, 1.82) is 0 Å². The highest BCUT2D eigenvalue weighted by Gasteiger charge is 2.37. The Labute approximate surface area is 246 Å². The summed E-state index contributed by atoms with van der Waals surface area (Å²) in [6.07, 6.45) is -5.25. The Hall–Kier alpha value is -2.34. The molecule has 0 saturated carbocycles. The van der Waals surface area contributed by atoms with Crippen molar-refractivity contribution in [3.63, 3.8) is 0 Å². The predicted molar refractivity (Wildman–Crippen MR) is 153 cm³/mol. The summed E-state index contributed by atoms with van der Waals surface area (Å²) in [7, 11) is 0. The number of carbonyl (C=O) groups excluding carboxylic acids is 2. The molecule has 220 valence electrons. The molecule has 1 aliphatic rings. The largest absolute Gasteiger partial charge is 0.444 e. The fraction of sp³-hybridized carbons (Fsp3) is 0.481. The first-order chi connectivity index (χ1) is 18.6. The number of ether oxygens (including phenoxy) is 1. The van der Waals surface area contributed by atoms with Gasteiger partial charge in [0.05, 0.1) is 21.8 Å². The van der Waals surface area contributed by atoms with Crippen molar-refractivity contribution >= 4 is 52.7 Å². The summed E-state index contributed by atoms with van der Waals surface area (Å²) >= 11 is 14.0. The van der Waals surface area contributed by atoms with Crippen molar-refractivity contribution in [3.8, 4) is 0 Å². The third-order valence-corrected chi connectivity index (χ3v) is 7.79. The normalized spacial score (nSPS) is 14.8. The number of nitrogens with two attached hydrogens (primary N) is 1. The zero-order chi connectivity index (χ0) is 29.8. The van der Waals surface area contributed by atoms with Crippen LogP contribution in [-0.4, -0.2) is 59.3 Å². The van der Waals surface area contributed by atoms with Crippen molar-refractivity contribution in [2.75, 3.05) is 37.7 Å². The first kappa shape index (κ1) is 32.2. The third kappa shape index (κ3) is 8.34. The molecule has 7 nitrogen and oxygen atoms in total. The predicted octanol–water partition coefficient (Wildman–Crippen LogP) is 6.69. The lowest BCUT2D eigenvalue weighted by atomic mass is 9.99. The van der Waals surface area contributed by atoms with Crippen LogP contribution in [0.1, 0.15) is 54.7 Å². The number of hydrogen-bond donors (Lipinski definition) is 2. The first-order valence-electron chi connectivity index (χ1n) is 12.7. The minimum Gasteiger partial charge on any atom is -0.444 e. The molecule has 0 unspecified atom stereocenters. The Balaban J connectivity index is 1.79. The van der Waals surface area contributed by atoms with Gasteiger partial charge in [0.2, 0.25) is 0 Å². The number of benzene rings is 2. The number of anilines is 1. The fourth-order valence-corrected chi connectivity index (χ4v) is 5.45. The maximum absolute atomic E-state index is 14.2. The highest BCUT2D eigenvalue weighted by molar-refractivity contribution is 7.99. The smallest absolute Gasteiger partial charge is 0.416 e. The summed E-state index contributed by atoms with van der Waals surface area (Å²) < 4.78 is 47.9. The lowest BCUT2D eigenvalue weighted by Gasteiger charge is -2.36. The second kappa shape index (κ2) is 13.1. The lowest BCUT2D eigenvalue weighted by molar-refractivity contribution is -0.138. The number of amides is 2. The molecule has 0 radical (unpaired) electrons. The van der Waals surface area contributed by atoms with Gasteiger partial charge in [-0.15, -0.1) is 11.8 Å². The van der Waals surface area contributed by atoms with Crippen LogP contribution < -0.4 is 11.1 Å². The number of nitrogens with one attached hydrogen (secondary N) is 1. The summed E-state index contributed by atoms with van der Waals surface area (Å²) in [6.45, 7) is 8.34. The molecular formula is C27H33Cl2F3N4O3S. The van der Waals surface area contributed by atoms with Crippen LogP contribution in [0.2, 0.25) is 10.0 Å². The highest BCUT2D eigenvalue weighted by atomic mass is 35.5. The number of hydrogen-bond acceptors (Lipinski definition) is 6. The number of nitrogen functional groups attached to an aromatic ring is 1. The Morgan fingerprint density at radius 2 is 1.75 bits per heavy atom. The molecule has 0 bridgehead atoms. The van der Waals surface area contributed by atoms with E-state index in [2.05, 4.69) is 5.32 Å². The first-order valence-corrected chi connectivity index (χ1v) is 14.4. The van der Waals surface area contributed by atoms with E-state index in [0.29, 0.717) is 18.1 Å². The molecular weight excluding hydrogens is 588 g/mol. The molecule has 3 N–H and O–H groups in total. The molecule has 1 heterocycles. The van der Waals surface area contributed by atoms with E-state index in [1.165, 1.54) is 4.90 Å². The van der Waals surface area contributed by atoms with Gasteiger partial charge >= 0.3 is 12.3 Å². The minimum absolute atomic E-state index is 0.0455. The molecule has 0 aromatic heterocycles. The van der Waals surface area contributed by atoms with E-state index in [0.717, 1.165) is 22.3 Å². The molecule has 1 saturated heterocycles. The standard InChI is InChI=1S/C27H33Cl2F3N4O3S/c1-5-40-21-7-6-17(28)12-16(21)14-34-24(37)18-13-20(27(30,31)32)19(22(29)23(18)33)15-35-8-10-36(11-9-35)25(38)39-26(2,3)4/h6-7,12-13H,5,8-11,14-15,33H2,1-4H3,(H,34,37). The minimum atomic E-state index is -4.78. The van der Waals surface area contributed by atoms with Gasteiger partial charge in [0, 0.05) is 49.2 Å². The SMILES string of the molecule is CCSc1ccc(Cl)cc1CNC(=O)c1cc(C(F)(F)F)c(CN2CCN(C(=O)OC(C)(C)C)CC2)c(Cl)c1N. The molecule has 2 aromatic carbocycles. The van der Waals surface area contributed by atoms with Crippen LogP contribution in [0.25, 0.3) is 0 Å². The van der Waals surface area contributed by atoms with Crippen molar-refractivity contribution < 1.29 is 27.5 Å². The van der Waals surface area contributed by atoms with Gasteiger partial charge < -0.3 is 20.7 Å². The van der Waals surface area contributed by atoms with Crippen LogP contribution in [0.5, 0.6) is 0 Å². The van der Waals surface area contributed by atoms with E-state index in [1.54, 1.807) is 49.6 Å². The summed E-state index contributed by atoms with van der Waals surface area (Å²) in [5.41, 5.74) is 4.36. The van der Waals surface area contributed by atoms with E-state index in [9.17, 15) is 22.8 Å². The van der Waals surface area contributed by atoms with Gasteiger partial charge in [-0.1, -0.05) is 30.1 Å². The van der Waals surface area contributed by atoms with Crippen molar-refractivity contribution in [2.24, 2.45) is 0 Å². The van der Waals surface area contributed by atoms with Crippen molar-refractivity contribution in [1.82, 2.24) is 15.1 Å². The maximum Gasteiger partial charge on any atom is 0.416 e. The zero-order valence-corrected chi connectivity index (χ0v) is 25.1. The van der Waals surface area contributed by atoms with Gasteiger partial charge in [0.1, 0.15) is 5.60 Å². The van der Waals surface area contributed by atoms with Crippen LogP contribution in [0, 0.1) is 0 Å². The van der Waals surface area contributed by atoms with Crippen molar-refractivity contribution in [3.05, 3.63) is 56.6 Å². The zero-order valence-electron chi connectivity index (χ0n) is 22.8.